The third-order valence-corrected chi connectivity index (χ3v) is 4.78. The van der Waals surface area contributed by atoms with E-state index in [1.807, 2.05) is 6.20 Å². The molecular formula is C21H19N. The van der Waals surface area contributed by atoms with Gasteiger partial charge in [0.05, 0.1) is 5.52 Å². The van der Waals surface area contributed by atoms with Gasteiger partial charge < -0.3 is 0 Å². The highest BCUT2D eigenvalue weighted by atomic mass is 14.7. The zero-order chi connectivity index (χ0) is 14.9. The maximum absolute atomic E-state index is 4.59. The Bertz CT molecular complexity index is 833. The second-order valence-corrected chi connectivity index (χ2v) is 6.15. The van der Waals surface area contributed by atoms with Gasteiger partial charge in [-0.3, -0.25) is 4.98 Å². The van der Waals surface area contributed by atoms with Gasteiger partial charge >= 0.3 is 0 Å². The molecule has 0 fully saturated rings. The lowest BCUT2D eigenvalue weighted by atomic mass is 9.77. The number of nitrogens with zero attached hydrogens (tertiary/aromatic N) is 1. The van der Waals surface area contributed by atoms with Crippen molar-refractivity contribution in [3.8, 4) is 0 Å². The van der Waals surface area contributed by atoms with Crippen LogP contribution in [0.25, 0.3) is 17.0 Å². The van der Waals surface area contributed by atoms with Crippen molar-refractivity contribution < 1.29 is 0 Å². The molecule has 0 N–H and O–H groups in total. The molecule has 1 nitrogen and oxygen atoms in total. The number of rotatable bonds is 2. The van der Waals surface area contributed by atoms with Crippen molar-refractivity contribution in [3.05, 3.63) is 83.6 Å². The van der Waals surface area contributed by atoms with Crippen molar-refractivity contribution in [2.24, 2.45) is 5.92 Å². The first-order valence-corrected chi connectivity index (χ1v) is 7.93. The fourth-order valence-electron chi connectivity index (χ4n) is 3.56. The lowest BCUT2D eigenvalue weighted by Gasteiger charge is -2.28. The molecule has 2 aromatic carbocycles. The van der Waals surface area contributed by atoms with E-state index in [1.54, 1.807) is 0 Å². The molecule has 2 unspecified atom stereocenters. The molecule has 0 spiro atoms. The molecule has 0 bridgehead atoms. The monoisotopic (exact) mass is 285 g/mol. The SMILES string of the molecule is CC1c2c(cnc3ccccc23)C=CC1Cc1ccccc1. The van der Waals surface area contributed by atoms with Crippen LogP contribution in [0.2, 0.25) is 0 Å². The van der Waals surface area contributed by atoms with Crippen LogP contribution in [0.5, 0.6) is 0 Å². The summed E-state index contributed by atoms with van der Waals surface area (Å²) in [6.45, 7) is 2.35. The smallest absolute Gasteiger partial charge is 0.0705 e. The fraction of sp³-hybridized carbons (Fsp3) is 0.190. The molecular weight excluding hydrogens is 266 g/mol. The summed E-state index contributed by atoms with van der Waals surface area (Å²) >= 11 is 0. The van der Waals surface area contributed by atoms with E-state index in [0.29, 0.717) is 11.8 Å². The number of pyridine rings is 1. The van der Waals surface area contributed by atoms with Gasteiger partial charge in [-0.05, 0) is 41.0 Å². The molecule has 0 saturated carbocycles. The number of allylic oxidation sites excluding steroid dienone is 1. The summed E-state index contributed by atoms with van der Waals surface area (Å²) in [6.07, 6.45) is 7.72. The summed E-state index contributed by atoms with van der Waals surface area (Å²) in [5.74, 6) is 1.05. The summed E-state index contributed by atoms with van der Waals surface area (Å²) in [7, 11) is 0. The number of aromatic nitrogens is 1. The molecule has 22 heavy (non-hydrogen) atoms. The quantitative estimate of drug-likeness (QED) is 0.628. The topological polar surface area (TPSA) is 12.9 Å². The van der Waals surface area contributed by atoms with Crippen LogP contribution in [-0.2, 0) is 6.42 Å². The molecule has 0 aliphatic heterocycles. The Kier molecular flexibility index (Phi) is 3.27. The van der Waals surface area contributed by atoms with Gasteiger partial charge in [0.15, 0.2) is 0 Å². The lowest BCUT2D eigenvalue weighted by Crippen LogP contribution is -2.15. The van der Waals surface area contributed by atoms with E-state index in [2.05, 4.69) is 78.7 Å². The molecule has 4 rings (SSSR count). The van der Waals surface area contributed by atoms with E-state index < -0.39 is 0 Å². The Morgan fingerprint density at radius 3 is 2.59 bits per heavy atom. The van der Waals surface area contributed by atoms with Crippen molar-refractivity contribution in [3.63, 3.8) is 0 Å². The third kappa shape index (κ3) is 2.23. The third-order valence-electron chi connectivity index (χ3n) is 4.78. The van der Waals surface area contributed by atoms with E-state index in [1.165, 1.54) is 22.1 Å². The molecule has 0 amide bonds. The molecule has 108 valence electrons. The van der Waals surface area contributed by atoms with Gasteiger partial charge in [-0.15, -0.1) is 0 Å². The average Bonchev–Trinajstić information content (AvgIpc) is 2.58. The number of fused-ring (bicyclic) bond motifs is 3. The second-order valence-electron chi connectivity index (χ2n) is 6.15. The summed E-state index contributed by atoms with van der Waals surface area (Å²) in [5.41, 5.74) is 5.23. The molecule has 1 heterocycles. The van der Waals surface area contributed by atoms with Gasteiger partial charge in [-0.1, -0.05) is 67.6 Å². The summed E-state index contributed by atoms with van der Waals surface area (Å²) in [5, 5.41) is 1.30. The van der Waals surface area contributed by atoms with Crippen LogP contribution in [-0.4, -0.2) is 4.98 Å². The van der Waals surface area contributed by atoms with Crippen LogP contribution in [0.15, 0.2) is 66.9 Å². The van der Waals surface area contributed by atoms with Gasteiger partial charge in [0, 0.05) is 11.6 Å². The molecule has 1 aromatic heterocycles. The van der Waals surface area contributed by atoms with E-state index in [4.69, 9.17) is 0 Å². The van der Waals surface area contributed by atoms with E-state index in [0.717, 1.165) is 11.9 Å². The van der Waals surface area contributed by atoms with Crippen LogP contribution < -0.4 is 0 Å². The Morgan fingerprint density at radius 2 is 1.73 bits per heavy atom. The average molecular weight is 285 g/mol. The Balaban J connectivity index is 1.76. The Morgan fingerprint density at radius 1 is 0.955 bits per heavy atom. The van der Waals surface area contributed by atoms with Gasteiger partial charge in [0.2, 0.25) is 0 Å². The van der Waals surface area contributed by atoms with Crippen LogP contribution in [0, 0.1) is 5.92 Å². The first kappa shape index (κ1) is 13.3. The minimum absolute atomic E-state index is 0.508. The number of para-hydroxylation sites is 1. The molecule has 2 atom stereocenters. The van der Waals surface area contributed by atoms with Gasteiger partial charge in [-0.2, -0.15) is 0 Å². The highest BCUT2D eigenvalue weighted by Crippen LogP contribution is 2.39. The fourth-order valence-corrected chi connectivity index (χ4v) is 3.56. The summed E-state index contributed by atoms with van der Waals surface area (Å²) in [6, 6.07) is 19.3. The highest BCUT2D eigenvalue weighted by Gasteiger charge is 2.24. The molecule has 1 aliphatic rings. The first-order valence-electron chi connectivity index (χ1n) is 7.93. The number of benzene rings is 2. The van der Waals surface area contributed by atoms with Crippen LogP contribution in [0.3, 0.4) is 0 Å². The molecule has 0 saturated heterocycles. The highest BCUT2D eigenvalue weighted by molar-refractivity contribution is 5.86. The van der Waals surface area contributed by atoms with Crippen molar-refractivity contribution in [1.82, 2.24) is 4.98 Å². The molecule has 1 heteroatoms. The number of hydrogen-bond donors (Lipinski definition) is 0. The molecule has 1 aliphatic carbocycles. The van der Waals surface area contributed by atoms with Gasteiger partial charge in [-0.25, -0.2) is 0 Å². The largest absolute Gasteiger partial charge is 0.256 e. The predicted octanol–water partition coefficient (Wildman–Crippen LogP) is 5.22. The minimum Gasteiger partial charge on any atom is -0.256 e. The Labute approximate surface area is 131 Å². The predicted molar refractivity (Wildman–Crippen MR) is 92.8 cm³/mol. The zero-order valence-corrected chi connectivity index (χ0v) is 12.7. The molecule has 0 radical (unpaired) electrons. The minimum atomic E-state index is 0.508. The van der Waals surface area contributed by atoms with E-state index >= 15 is 0 Å². The van der Waals surface area contributed by atoms with Crippen LogP contribution >= 0.6 is 0 Å². The first-order chi connectivity index (χ1) is 10.8. The standard InChI is InChI=1S/C21H19N/c1-15-17(13-16-7-3-2-4-8-16)11-12-18-14-22-20-10-6-5-9-19(20)21(15)18/h2-12,14-15,17H,13H2,1H3. The Hall–Kier alpha value is -2.41. The van der Waals surface area contributed by atoms with Gasteiger partial charge in [0.25, 0.3) is 0 Å². The van der Waals surface area contributed by atoms with Crippen molar-refractivity contribution >= 4 is 17.0 Å². The summed E-state index contributed by atoms with van der Waals surface area (Å²) in [4.78, 5) is 4.59. The maximum Gasteiger partial charge on any atom is 0.0705 e. The van der Waals surface area contributed by atoms with E-state index in [-0.39, 0.29) is 0 Å². The van der Waals surface area contributed by atoms with Crippen molar-refractivity contribution in [1.29, 1.82) is 0 Å². The van der Waals surface area contributed by atoms with Crippen molar-refractivity contribution in [2.45, 2.75) is 19.3 Å². The van der Waals surface area contributed by atoms with Crippen molar-refractivity contribution in [2.75, 3.05) is 0 Å². The van der Waals surface area contributed by atoms with Gasteiger partial charge in [0.1, 0.15) is 0 Å². The zero-order valence-electron chi connectivity index (χ0n) is 12.7. The normalized spacial score (nSPS) is 20.0. The maximum atomic E-state index is 4.59. The van der Waals surface area contributed by atoms with Crippen LogP contribution in [0.1, 0.15) is 29.5 Å². The number of hydrogen-bond acceptors (Lipinski definition) is 1. The van der Waals surface area contributed by atoms with E-state index in [9.17, 15) is 0 Å². The second kappa shape index (κ2) is 5.42. The molecule has 3 aromatic rings. The summed E-state index contributed by atoms with van der Waals surface area (Å²) < 4.78 is 0. The lowest BCUT2D eigenvalue weighted by molar-refractivity contribution is 0.537. The van der Waals surface area contributed by atoms with Crippen LogP contribution in [0.4, 0.5) is 0 Å².